The summed E-state index contributed by atoms with van der Waals surface area (Å²) in [6, 6.07) is 17.0. The molecule has 8 rings (SSSR count). The van der Waals surface area contributed by atoms with Gasteiger partial charge in [0.05, 0.1) is 10.0 Å². The molecule has 0 spiro atoms. The Labute approximate surface area is 503 Å². The number of pyridine rings is 2. The molecule has 0 saturated carbocycles. The highest BCUT2D eigenvalue weighted by Crippen LogP contribution is 2.44. The minimum Gasteiger partial charge on any atom is -0.443 e. The molecule has 0 radical (unpaired) electrons. The number of nitrogens with zero attached hydrogens (tertiary/aromatic N) is 4. The maximum Gasteiger partial charge on any atom is 0.434 e. The Balaban J connectivity index is 0.000000229. The predicted molar refractivity (Wildman–Crippen MR) is 309 cm³/mol. The molecule has 2 atom stereocenters. The van der Waals surface area contributed by atoms with Gasteiger partial charge in [-0.05, 0) is 199 Å². The average molecular weight is 1310 g/mol. The zero-order valence-electron chi connectivity index (χ0n) is 45.9. The van der Waals surface area contributed by atoms with E-state index in [2.05, 4.69) is 35.3 Å². The van der Waals surface area contributed by atoms with Crippen LogP contribution in [-0.2, 0) is 67.0 Å². The number of ether oxygens (including phenoxy) is 2. The molecule has 0 bridgehead atoms. The van der Waals surface area contributed by atoms with Crippen LogP contribution in [0.25, 0.3) is 11.1 Å². The monoisotopic (exact) mass is 1300 g/mol. The topological polar surface area (TPSA) is 215 Å². The first-order valence-corrected chi connectivity index (χ1v) is 31.3. The molecule has 4 aliphatic rings. The number of nitrogens with one attached hydrogen (secondary N) is 3. The third-order valence-electron chi connectivity index (χ3n) is 13.3. The average Bonchev–Trinajstić information content (AvgIpc) is 2.16. The second kappa shape index (κ2) is 27.5. The highest BCUT2D eigenvalue weighted by molar-refractivity contribution is 8.12. The van der Waals surface area contributed by atoms with Crippen molar-refractivity contribution in [1.82, 2.24) is 33.9 Å². The van der Waals surface area contributed by atoms with E-state index in [4.69, 9.17) is 67.6 Å². The second-order valence-corrected chi connectivity index (χ2v) is 27.3. The Kier molecular flexibility index (Phi) is 22.4. The standard InChI is InChI=1S/C27H31Cl2F3N4O4S.C22H22Cl2F3N3.C5H10ClNO4S/c1-26(2,3)40-25(37)35-41(38,39)33-15-23-21-13-16-6-7-17(28)14-20(16)19(21)10-12-36(23)11-4-5-18-8-9-22(29)24(34-18)27(30,31)32;23-14-4-3-13-10-18-16(17(13)11-14)7-9-30(20(18)12-28)8-1-2-15-5-6-19(24)21(29-15)22(25,26)27;1-5(2,3)11-4(8)7-12(6,9)10/h6-9,14,23,33H,4-5,10-13,15H2,1-3H3,(H,35,37);3-6,11,20H,1-2,7-10,12,28H2;1-3H3,(H,7,8). The van der Waals surface area contributed by atoms with Gasteiger partial charge in [-0.3, -0.25) is 9.80 Å². The zero-order valence-corrected chi connectivity index (χ0v) is 51.3. The van der Waals surface area contributed by atoms with Gasteiger partial charge >= 0.3 is 44.0 Å². The predicted octanol–water partition coefficient (Wildman–Crippen LogP) is 12.2. The van der Waals surface area contributed by atoms with Crippen LogP contribution in [0.4, 0.5) is 35.9 Å². The van der Waals surface area contributed by atoms with Crippen molar-refractivity contribution in [2.45, 2.75) is 129 Å². The van der Waals surface area contributed by atoms with Crippen molar-refractivity contribution in [2.75, 3.05) is 39.3 Å². The van der Waals surface area contributed by atoms with Gasteiger partial charge in [-0.15, -0.1) is 0 Å². The maximum atomic E-state index is 13.2. The molecule has 2 amide bonds. The molecular formula is C54H63Cl5F6N8O8S2. The number of carbonyl (C=O) groups excluding carboxylic acids is 2. The number of carbonyl (C=O) groups is 2. The molecule has 4 heterocycles. The number of aromatic nitrogens is 2. The molecule has 2 unspecified atom stereocenters. The van der Waals surface area contributed by atoms with Gasteiger partial charge in [0.25, 0.3) is 0 Å². The fraction of sp³-hybridized carbons (Fsp3) is 0.481. The Morgan fingerprint density at radius 1 is 0.639 bits per heavy atom. The summed E-state index contributed by atoms with van der Waals surface area (Å²) in [5.41, 5.74) is 12.5. The van der Waals surface area contributed by atoms with Gasteiger partial charge < -0.3 is 15.2 Å². The van der Waals surface area contributed by atoms with Crippen molar-refractivity contribution >= 4 is 99.9 Å². The smallest absolute Gasteiger partial charge is 0.434 e. The van der Waals surface area contributed by atoms with Crippen LogP contribution in [-0.4, -0.2) is 111 Å². The number of hydrogen-bond donors (Lipinski definition) is 4. The first-order chi connectivity index (χ1) is 38.4. The molecule has 5 N–H and O–H groups in total. The summed E-state index contributed by atoms with van der Waals surface area (Å²) in [5.74, 6) is 0. The number of amides is 2. The number of halogens is 11. The van der Waals surface area contributed by atoms with Crippen LogP contribution in [0.2, 0.25) is 20.1 Å². The summed E-state index contributed by atoms with van der Waals surface area (Å²) < 4.78 is 140. The number of hydrogen-bond acceptors (Lipinski definition) is 13. The fourth-order valence-electron chi connectivity index (χ4n) is 10.1. The minimum atomic E-state index is -4.65. The van der Waals surface area contributed by atoms with E-state index >= 15 is 0 Å². The number of fused-ring (bicyclic) bond motifs is 4. The van der Waals surface area contributed by atoms with Crippen molar-refractivity contribution in [2.24, 2.45) is 5.73 Å². The molecule has 2 aliphatic heterocycles. The molecule has 4 aromatic rings. The highest BCUT2D eigenvalue weighted by atomic mass is 35.7. The summed E-state index contributed by atoms with van der Waals surface area (Å²) in [6.45, 7) is 12.8. The molecule has 83 heavy (non-hydrogen) atoms. The van der Waals surface area contributed by atoms with Crippen LogP contribution in [0.5, 0.6) is 0 Å². The van der Waals surface area contributed by atoms with Gasteiger partial charge in [-0.1, -0.05) is 58.5 Å². The van der Waals surface area contributed by atoms with Crippen molar-refractivity contribution in [3.63, 3.8) is 0 Å². The summed E-state index contributed by atoms with van der Waals surface area (Å²) in [7, 11) is -3.57. The molecule has 456 valence electrons. The fourth-order valence-corrected chi connectivity index (χ4v) is 12.0. The second-order valence-electron chi connectivity index (χ2n) is 21.8. The lowest BCUT2D eigenvalue weighted by atomic mass is 9.92. The number of rotatable bonds is 14. The van der Waals surface area contributed by atoms with E-state index in [0.717, 1.165) is 53.2 Å². The molecule has 2 aromatic heterocycles. The van der Waals surface area contributed by atoms with Crippen molar-refractivity contribution in [3.8, 4) is 0 Å². The number of nitrogens with two attached hydrogens (primary N) is 1. The Hall–Kier alpha value is -4.47. The van der Waals surface area contributed by atoms with Crippen LogP contribution in [0, 0.1) is 0 Å². The van der Waals surface area contributed by atoms with E-state index in [0.29, 0.717) is 62.5 Å². The van der Waals surface area contributed by atoms with Crippen LogP contribution in [0.3, 0.4) is 0 Å². The lowest BCUT2D eigenvalue weighted by molar-refractivity contribution is -0.142. The SMILES string of the molecule is CC(C)(C)OC(=O)NS(=O)(=O)Cl.CC(C)(C)OC(=O)NS(=O)(=O)NCC1C2=C(CCN1CCCc1ccc(Cl)c(C(F)(F)F)n1)c1cc(Cl)ccc1C2.NCC1C2=C(CCN1CCCc1ccc(Cl)c(C(F)(F)F)n1)c1cc(Cl)ccc1C2. The minimum absolute atomic E-state index is 0.0316. The highest BCUT2D eigenvalue weighted by Gasteiger charge is 2.39. The van der Waals surface area contributed by atoms with Crippen molar-refractivity contribution in [1.29, 1.82) is 0 Å². The third kappa shape index (κ3) is 19.8. The lowest BCUT2D eigenvalue weighted by Gasteiger charge is -2.37. The summed E-state index contributed by atoms with van der Waals surface area (Å²) in [6.07, 6.45) is -6.35. The van der Waals surface area contributed by atoms with Crippen LogP contribution in [0.15, 0.2) is 71.8 Å². The van der Waals surface area contributed by atoms with Crippen LogP contribution in [0.1, 0.15) is 112 Å². The summed E-state index contributed by atoms with van der Waals surface area (Å²) in [4.78, 5) is 34.6. The van der Waals surface area contributed by atoms with Gasteiger partial charge in [0.1, 0.15) is 11.2 Å². The molecule has 2 aliphatic carbocycles. The Bertz CT molecular complexity index is 3340. The maximum absolute atomic E-state index is 13.2. The molecule has 16 nitrogen and oxygen atoms in total. The van der Waals surface area contributed by atoms with Gasteiger partial charge in [0.2, 0.25) is 0 Å². The van der Waals surface area contributed by atoms with Gasteiger partial charge in [0, 0.05) is 70.4 Å². The van der Waals surface area contributed by atoms with Gasteiger partial charge in [-0.25, -0.2) is 29.0 Å². The van der Waals surface area contributed by atoms with Crippen molar-refractivity contribution < 1.29 is 62.2 Å². The van der Waals surface area contributed by atoms with E-state index < -0.39 is 71.6 Å². The van der Waals surface area contributed by atoms with Gasteiger partial charge in [-0.2, -0.15) is 47.9 Å². The van der Waals surface area contributed by atoms with Gasteiger partial charge in [0.15, 0.2) is 11.4 Å². The quantitative estimate of drug-likeness (QED) is 0.0684. The van der Waals surface area contributed by atoms with Crippen LogP contribution >= 0.6 is 57.1 Å². The Morgan fingerprint density at radius 2 is 1.05 bits per heavy atom. The molecule has 0 saturated heterocycles. The van der Waals surface area contributed by atoms with E-state index in [1.54, 1.807) is 47.6 Å². The molecule has 0 fully saturated rings. The van der Waals surface area contributed by atoms with E-state index in [-0.39, 0.29) is 35.8 Å². The summed E-state index contributed by atoms with van der Waals surface area (Å²) in [5, 5.41) is 0.520. The van der Waals surface area contributed by atoms with Crippen LogP contribution < -0.4 is 19.9 Å². The molecule has 29 heteroatoms. The molecular weight excluding hydrogens is 1240 g/mol. The largest absolute Gasteiger partial charge is 0.443 e. The number of aryl methyl sites for hydroxylation is 2. The number of alkyl halides is 6. The normalized spacial score (nSPS) is 17.5. The van der Waals surface area contributed by atoms with E-state index in [9.17, 15) is 52.8 Å². The zero-order chi connectivity index (χ0) is 61.6. The first kappa shape index (κ1) is 67.7. The summed E-state index contributed by atoms with van der Waals surface area (Å²) >= 11 is 23.8. The lowest BCUT2D eigenvalue weighted by Crippen LogP contribution is -2.51. The first-order valence-electron chi connectivity index (χ1n) is 26.0. The van der Waals surface area contributed by atoms with Crippen molar-refractivity contribution in [3.05, 3.63) is 137 Å². The number of benzene rings is 2. The van der Waals surface area contributed by atoms with E-state index in [1.165, 1.54) is 45.2 Å². The molecule has 2 aromatic carbocycles. The third-order valence-corrected chi connectivity index (χ3v) is 16.0. The van der Waals surface area contributed by atoms with E-state index in [1.807, 2.05) is 35.1 Å². The Morgan fingerprint density at radius 3 is 1.45 bits per heavy atom.